The van der Waals surface area contributed by atoms with Crippen LogP contribution < -0.4 is 9.80 Å². The lowest BCUT2D eigenvalue weighted by Gasteiger charge is -2.34. The minimum absolute atomic E-state index is 0.223. The van der Waals surface area contributed by atoms with Crippen LogP contribution in [0.15, 0.2) is 167 Å². The number of anilines is 5. The Bertz CT molecular complexity index is 3380. The summed E-state index contributed by atoms with van der Waals surface area (Å²) in [6.45, 7) is 10.9. The lowest BCUT2D eigenvalue weighted by molar-refractivity contribution is 0.660. The van der Waals surface area contributed by atoms with Crippen LogP contribution in [-0.2, 0) is 0 Å². The Labute approximate surface area is 343 Å². The maximum absolute atomic E-state index is 6.80. The Morgan fingerprint density at radius 2 is 1.12 bits per heavy atom. The first kappa shape index (κ1) is 35.1. The summed E-state index contributed by atoms with van der Waals surface area (Å²) in [6, 6.07) is 48.8. The van der Waals surface area contributed by atoms with E-state index in [1.807, 2.05) is 0 Å². The van der Waals surface area contributed by atoms with Gasteiger partial charge in [-0.2, -0.15) is 0 Å². The zero-order chi connectivity index (χ0) is 39.9. The Hall–Kier alpha value is -7.04. The van der Waals surface area contributed by atoms with E-state index < -0.39 is 0 Å². The van der Waals surface area contributed by atoms with Crippen molar-refractivity contribution in [3.05, 3.63) is 186 Å². The van der Waals surface area contributed by atoms with Crippen LogP contribution in [0.2, 0.25) is 0 Å². The second kappa shape index (κ2) is 13.5. The molecule has 1 atom stereocenters. The number of benzene rings is 8. The highest BCUT2D eigenvalue weighted by Gasteiger charge is 2.24. The molecule has 0 amide bonds. The first-order valence-corrected chi connectivity index (χ1v) is 20.6. The molecule has 8 aromatic carbocycles. The fourth-order valence-electron chi connectivity index (χ4n) is 9.36. The highest BCUT2D eigenvalue weighted by Crippen LogP contribution is 2.45. The first-order valence-electron chi connectivity index (χ1n) is 20.6. The summed E-state index contributed by atoms with van der Waals surface area (Å²) in [7, 11) is 0. The van der Waals surface area contributed by atoms with E-state index in [1.54, 1.807) is 0 Å². The molecule has 0 fully saturated rings. The molecule has 1 unspecified atom stereocenters. The molecule has 0 saturated carbocycles. The minimum atomic E-state index is 0.223. The van der Waals surface area contributed by atoms with Crippen molar-refractivity contribution >= 4 is 93.9 Å². The predicted octanol–water partition coefficient (Wildman–Crippen LogP) is 15.8. The van der Waals surface area contributed by atoms with E-state index in [0.717, 1.165) is 83.4 Å². The number of hydrogen-bond acceptors (Lipinski definition) is 4. The van der Waals surface area contributed by atoms with Crippen LogP contribution in [0.5, 0.6) is 0 Å². The highest BCUT2D eigenvalue weighted by atomic mass is 16.3. The molecule has 0 N–H and O–H groups in total. The quantitative estimate of drug-likeness (QED) is 0.169. The van der Waals surface area contributed by atoms with Crippen LogP contribution in [-0.4, -0.2) is 6.04 Å². The molecule has 10 aromatic rings. The van der Waals surface area contributed by atoms with Crippen LogP contribution in [0.3, 0.4) is 0 Å². The third-order valence-corrected chi connectivity index (χ3v) is 12.7. The van der Waals surface area contributed by atoms with E-state index in [0.29, 0.717) is 0 Å². The van der Waals surface area contributed by atoms with Gasteiger partial charge in [-0.15, -0.1) is 0 Å². The topological polar surface area (TPSA) is 32.8 Å². The van der Waals surface area contributed by atoms with Gasteiger partial charge in [0, 0.05) is 50.0 Å². The average molecular weight is 765 g/mol. The van der Waals surface area contributed by atoms with Gasteiger partial charge in [0.1, 0.15) is 22.3 Å². The standard InChI is InChI=1S/C55H44N2O2/c1-33-14-12-20-48(36(33)4)56(42-16-8-6-9-17-42)44-24-22-38-29-46-50(31-40(38)27-44)58-52-26-35(3)55-54(53(46)52)47-30-39-23-25-45(28-41(39)32-51(47)59-55)57(43-18-10-7-11-19-43)49-21-13-15-34(2)37(49)5/h6-16,18-32,42H,17H2,1-5H3. The van der Waals surface area contributed by atoms with Crippen LogP contribution in [0.4, 0.5) is 28.4 Å². The Morgan fingerprint density at radius 3 is 1.83 bits per heavy atom. The summed E-state index contributed by atoms with van der Waals surface area (Å²) >= 11 is 0. The van der Waals surface area contributed by atoms with Gasteiger partial charge in [-0.1, -0.05) is 78.9 Å². The molecule has 0 bridgehead atoms. The molecule has 4 nitrogen and oxygen atoms in total. The van der Waals surface area contributed by atoms with Crippen LogP contribution in [0.1, 0.15) is 34.2 Å². The molecular formula is C55H44N2O2. The smallest absolute Gasteiger partial charge is 0.139 e. The Balaban J connectivity index is 1.06. The van der Waals surface area contributed by atoms with Crippen molar-refractivity contribution in [1.29, 1.82) is 0 Å². The largest absolute Gasteiger partial charge is 0.456 e. The number of allylic oxidation sites excluding steroid dienone is 2. The van der Waals surface area contributed by atoms with Crippen LogP contribution >= 0.6 is 0 Å². The Morgan fingerprint density at radius 1 is 0.475 bits per heavy atom. The van der Waals surface area contributed by atoms with E-state index in [1.165, 1.54) is 44.7 Å². The highest BCUT2D eigenvalue weighted by molar-refractivity contribution is 6.28. The number of furan rings is 2. The van der Waals surface area contributed by atoms with Crippen molar-refractivity contribution in [1.82, 2.24) is 0 Å². The van der Waals surface area contributed by atoms with Crippen molar-refractivity contribution < 1.29 is 8.83 Å². The van der Waals surface area contributed by atoms with Crippen molar-refractivity contribution in [3.63, 3.8) is 0 Å². The van der Waals surface area contributed by atoms with Gasteiger partial charge in [-0.25, -0.2) is 0 Å². The number of rotatable bonds is 6. The number of fused-ring (bicyclic) bond motifs is 9. The molecule has 11 rings (SSSR count). The minimum Gasteiger partial charge on any atom is -0.456 e. The number of aryl methyl sites for hydroxylation is 3. The SMILES string of the molecule is Cc1cccc(N(c2ccccc2)c2ccc3cc4c(cc3c2)oc2c(C)cc3oc5cc6cc(N(c7cccc(C)c7C)C7C=CC=CC7)ccc6cc5c3c24)c1C. The fourth-order valence-corrected chi connectivity index (χ4v) is 9.36. The van der Waals surface area contributed by atoms with Gasteiger partial charge in [0.2, 0.25) is 0 Å². The van der Waals surface area contributed by atoms with Crippen molar-refractivity contribution in [3.8, 4) is 0 Å². The summed E-state index contributed by atoms with van der Waals surface area (Å²) in [5.41, 5.74) is 15.5. The molecule has 0 spiro atoms. The lowest BCUT2D eigenvalue weighted by Crippen LogP contribution is -2.30. The van der Waals surface area contributed by atoms with Gasteiger partial charge in [-0.05, 0) is 169 Å². The van der Waals surface area contributed by atoms with E-state index in [-0.39, 0.29) is 6.04 Å². The van der Waals surface area contributed by atoms with E-state index >= 15 is 0 Å². The Kier molecular flexibility index (Phi) is 8.06. The number of nitrogens with zero attached hydrogens (tertiary/aromatic N) is 2. The summed E-state index contributed by atoms with van der Waals surface area (Å²) in [6.07, 6.45) is 9.83. The zero-order valence-corrected chi connectivity index (χ0v) is 34.0. The summed E-state index contributed by atoms with van der Waals surface area (Å²) in [4.78, 5) is 4.85. The van der Waals surface area contributed by atoms with Crippen LogP contribution in [0, 0.1) is 34.6 Å². The van der Waals surface area contributed by atoms with Crippen molar-refractivity contribution in [2.24, 2.45) is 0 Å². The molecule has 59 heavy (non-hydrogen) atoms. The molecule has 2 heterocycles. The van der Waals surface area contributed by atoms with Gasteiger partial charge >= 0.3 is 0 Å². The molecule has 1 aliphatic carbocycles. The number of para-hydroxylation sites is 1. The molecule has 0 radical (unpaired) electrons. The average Bonchev–Trinajstić information content (AvgIpc) is 3.80. The molecule has 2 aromatic heterocycles. The third-order valence-electron chi connectivity index (χ3n) is 12.7. The van der Waals surface area contributed by atoms with E-state index in [4.69, 9.17) is 8.83 Å². The molecule has 4 heteroatoms. The van der Waals surface area contributed by atoms with Gasteiger partial charge in [0.15, 0.2) is 0 Å². The van der Waals surface area contributed by atoms with E-state index in [2.05, 4.69) is 202 Å². The maximum atomic E-state index is 6.80. The second-order valence-corrected chi connectivity index (χ2v) is 16.3. The monoisotopic (exact) mass is 764 g/mol. The predicted molar refractivity (Wildman–Crippen MR) is 250 cm³/mol. The van der Waals surface area contributed by atoms with Crippen molar-refractivity contribution in [2.75, 3.05) is 9.80 Å². The third kappa shape index (κ3) is 5.66. The summed E-state index contributed by atoms with van der Waals surface area (Å²) in [5.74, 6) is 0. The first-order chi connectivity index (χ1) is 28.8. The molecule has 0 saturated heterocycles. The zero-order valence-electron chi connectivity index (χ0n) is 34.0. The molecular weight excluding hydrogens is 721 g/mol. The second-order valence-electron chi connectivity index (χ2n) is 16.3. The van der Waals surface area contributed by atoms with Gasteiger partial charge in [0.25, 0.3) is 0 Å². The van der Waals surface area contributed by atoms with E-state index in [9.17, 15) is 0 Å². The van der Waals surface area contributed by atoms with Gasteiger partial charge in [-0.3, -0.25) is 0 Å². The van der Waals surface area contributed by atoms with Gasteiger partial charge in [0.05, 0.1) is 6.04 Å². The summed E-state index contributed by atoms with van der Waals surface area (Å²) < 4.78 is 13.6. The normalized spacial score (nSPS) is 14.2. The maximum Gasteiger partial charge on any atom is 0.139 e. The van der Waals surface area contributed by atoms with Gasteiger partial charge < -0.3 is 18.6 Å². The number of hydrogen-bond donors (Lipinski definition) is 0. The molecule has 0 aliphatic heterocycles. The van der Waals surface area contributed by atoms with Crippen molar-refractivity contribution in [2.45, 2.75) is 47.1 Å². The summed E-state index contributed by atoms with van der Waals surface area (Å²) in [5, 5.41) is 9.02. The fraction of sp³-hybridized carbons (Fsp3) is 0.127. The lowest BCUT2D eigenvalue weighted by atomic mass is 9.98. The molecule has 1 aliphatic rings. The van der Waals surface area contributed by atoms with Crippen LogP contribution in [0.25, 0.3) is 65.4 Å². The molecule has 286 valence electrons.